The third-order valence-electron chi connectivity index (χ3n) is 5.45. The Morgan fingerprint density at radius 3 is 2.38 bits per heavy atom. The Kier molecular flexibility index (Phi) is 7.28. The molecule has 0 saturated heterocycles. The van der Waals surface area contributed by atoms with Crippen LogP contribution in [0.15, 0.2) is 29.1 Å². The molecule has 1 amide bonds. The van der Waals surface area contributed by atoms with Crippen molar-refractivity contribution in [3.05, 3.63) is 45.6 Å². The van der Waals surface area contributed by atoms with E-state index in [0.717, 1.165) is 16.7 Å². The number of carbonyl (C=O) groups is 1. The molecule has 3 rings (SSSR count). The summed E-state index contributed by atoms with van der Waals surface area (Å²) >= 11 is 0. The summed E-state index contributed by atoms with van der Waals surface area (Å²) < 4.78 is 22.8. The first-order valence-corrected chi connectivity index (χ1v) is 10.7. The highest BCUT2D eigenvalue weighted by molar-refractivity contribution is 5.83. The van der Waals surface area contributed by atoms with Gasteiger partial charge in [0.2, 0.25) is 17.1 Å². The van der Waals surface area contributed by atoms with E-state index in [1.54, 1.807) is 26.4 Å². The molecule has 0 unspecified atom stereocenters. The van der Waals surface area contributed by atoms with Crippen molar-refractivity contribution in [1.82, 2.24) is 5.32 Å². The molecule has 172 valence electrons. The SMILES string of the molecule is COc1cc2c(c(OCC(C)C)c1OC)-c1ccc(OC)c(=O)cc1[C@@H](NC(C)=O)CC2. The van der Waals surface area contributed by atoms with E-state index in [1.807, 2.05) is 12.1 Å². The van der Waals surface area contributed by atoms with Crippen LogP contribution in [0.1, 0.15) is 44.4 Å². The quantitative estimate of drug-likeness (QED) is 0.702. The molecule has 0 spiro atoms. The predicted molar refractivity (Wildman–Crippen MR) is 123 cm³/mol. The van der Waals surface area contributed by atoms with Crippen LogP contribution in [0.5, 0.6) is 23.0 Å². The van der Waals surface area contributed by atoms with E-state index in [1.165, 1.54) is 14.0 Å². The lowest BCUT2D eigenvalue weighted by Gasteiger charge is -2.21. The van der Waals surface area contributed by atoms with Crippen LogP contribution in [0.3, 0.4) is 0 Å². The van der Waals surface area contributed by atoms with E-state index in [-0.39, 0.29) is 23.1 Å². The zero-order valence-electron chi connectivity index (χ0n) is 19.5. The summed E-state index contributed by atoms with van der Waals surface area (Å²) in [7, 11) is 4.63. The fourth-order valence-corrected chi connectivity index (χ4v) is 4.06. The molecule has 32 heavy (non-hydrogen) atoms. The number of nitrogens with one attached hydrogen (secondary N) is 1. The summed E-state index contributed by atoms with van der Waals surface area (Å²) in [6, 6.07) is 6.66. The number of ether oxygens (including phenoxy) is 4. The van der Waals surface area contributed by atoms with Gasteiger partial charge < -0.3 is 24.3 Å². The maximum absolute atomic E-state index is 12.8. The standard InChI is InChI=1S/C25H31NO6/c1-14(2)13-32-25-23-16(11-22(30-5)24(25)31-6)7-9-19(26-15(3)27)18-12-20(28)21(29-4)10-8-17(18)23/h8,10-12,14,19H,7,9,13H2,1-6H3,(H,26,27)/t19-/m0/s1. The number of fused-ring (bicyclic) bond motifs is 3. The minimum absolute atomic E-state index is 0.163. The summed E-state index contributed by atoms with van der Waals surface area (Å²) in [5.41, 5.74) is 3.08. The van der Waals surface area contributed by atoms with E-state index < -0.39 is 0 Å². The average molecular weight is 442 g/mol. The average Bonchev–Trinajstić information content (AvgIpc) is 2.99. The molecule has 0 aromatic heterocycles. The van der Waals surface area contributed by atoms with Gasteiger partial charge in [-0.1, -0.05) is 19.9 Å². The Hall–Kier alpha value is -3.22. The fraction of sp³-hybridized carbons (Fsp3) is 0.440. The van der Waals surface area contributed by atoms with Crippen molar-refractivity contribution in [2.24, 2.45) is 5.92 Å². The molecule has 2 aromatic carbocycles. The smallest absolute Gasteiger partial charge is 0.220 e. The second-order valence-electron chi connectivity index (χ2n) is 8.25. The van der Waals surface area contributed by atoms with Crippen LogP contribution in [0.25, 0.3) is 11.1 Å². The van der Waals surface area contributed by atoms with Crippen molar-refractivity contribution in [3.63, 3.8) is 0 Å². The zero-order valence-corrected chi connectivity index (χ0v) is 19.5. The number of hydrogen-bond acceptors (Lipinski definition) is 6. The second kappa shape index (κ2) is 9.94. The molecule has 0 radical (unpaired) electrons. The number of aryl methyl sites for hydroxylation is 1. The van der Waals surface area contributed by atoms with Crippen LogP contribution < -0.4 is 29.7 Å². The first-order valence-electron chi connectivity index (χ1n) is 10.7. The number of hydrogen-bond donors (Lipinski definition) is 1. The van der Waals surface area contributed by atoms with Gasteiger partial charge in [0.25, 0.3) is 0 Å². The van der Waals surface area contributed by atoms with Gasteiger partial charge in [0.05, 0.1) is 34.0 Å². The van der Waals surface area contributed by atoms with Crippen LogP contribution in [0.4, 0.5) is 0 Å². The van der Waals surface area contributed by atoms with Gasteiger partial charge in [-0.05, 0) is 53.6 Å². The highest BCUT2D eigenvalue weighted by Crippen LogP contribution is 2.50. The lowest BCUT2D eigenvalue weighted by molar-refractivity contribution is -0.119. The monoisotopic (exact) mass is 441 g/mol. The van der Waals surface area contributed by atoms with Gasteiger partial charge in [0.1, 0.15) is 0 Å². The van der Waals surface area contributed by atoms with Crippen molar-refractivity contribution in [2.75, 3.05) is 27.9 Å². The van der Waals surface area contributed by atoms with Gasteiger partial charge >= 0.3 is 0 Å². The van der Waals surface area contributed by atoms with E-state index in [4.69, 9.17) is 18.9 Å². The van der Waals surface area contributed by atoms with Gasteiger partial charge in [-0.3, -0.25) is 9.59 Å². The Balaban J connectivity index is 2.39. The minimum atomic E-state index is -0.338. The summed E-state index contributed by atoms with van der Waals surface area (Å²) in [6.45, 7) is 6.10. The van der Waals surface area contributed by atoms with Crippen molar-refractivity contribution >= 4 is 5.91 Å². The number of rotatable bonds is 7. The lowest BCUT2D eigenvalue weighted by Crippen LogP contribution is -2.26. The second-order valence-corrected chi connectivity index (χ2v) is 8.25. The lowest BCUT2D eigenvalue weighted by atomic mass is 9.95. The first kappa shape index (κ1) is 23.4. The highest BCUT2D eigenvalue weighted by Gasteiger charge is 2.29. The van der Waals surface area contributed by atoms with Gasteiger partial charge in [0.15, 0.2) is 17.2 Å². The molecule has 7 nitrogen and oxygen atoms in total. The maximum Gasteiger partial charge on any atom is 0.220 e. The molecule has 1 aliphatic rings. The fourth-order valence-electron chi connectivity index (χ4n) is 4.06. The van der Waals surface area contributed by atoms with Crippen molar-refractivity contribution < 1.29 is 23.7 Å². The Labute approximate surface area is 188 Å². The third-order valence-corrected chi connectivity index (χ3v) is 5.45. The Bertz CT molecular complexity index is 1060. The largest absolute Gasteiger partial charge is 0.493 e. The van der Waals surface area contributed by atoms with Crippen molar-refractivity contribution in [3.8, 4) is 34.1 Å². The molecule has 0 aliphatic heterocycles. The van der Waals surface area contributed by atoms with Gasteiger partial charge in [0, 0.05) is 12.5 Å². The summed E-state index contributed by atoms with van der Waals surface area (Å²) in [6.07, 6.45) is 1.27. The van der Waals surface area contributed by atoms with Gasteiger partial charge in [-0.25, -0.2) is 0 Å². The Morgan fingerprint density at radius 1 is 1.06 bits per heavy atom. The predicted octanol–water partition coefficient (Wildman–Crippen LogP) is 3.90. The van der Waals surface area contributed by atoms with Crippen molar-refractivity contribution in [1.29, 1.82) is 0 Å². The number of benzene rings is 1. The van der Waals surface area contributed by atoms with E-state index >= 15 is 0 Å². The molecule has 0 fully saturated rings. The molecule has 0 heterocycles. The molecule has 0 bridgehead atoms. The molecule has 0 saturated carbocycles. The van der Waals surface area contributed by atoms with E-state index in [9.17, 15) is 9.59 Å². The number of carbonyl (C=O) groups excluding carboxylic acids is 1. The van der Waals surface area contributed by atoms with Crippen molar-refractivity contribution in [2.45, 2.75) is 39.7 Å². The summed E-state index contributed by atoms with van der Waals surface area (Å²) in [5, 5.41) is 3.00. The molecule has 7 heteroatoms. The molecule has 1 N–H and O–H groups in total. The topological polar surface area (TPSA) is 83.1 Å². The van der Waals surface area contributed by atoms with E-state index in [2.05, 4.69) is 19.2 Å². The molecular weight excluding hydrogens is 410 g/mol. The molecule has 2 aromatic rings. The van der Waals surface area contributed by atoms with Gasteiger partial charge in [-0.15, -0.1) is 0 Å². The minimum Gasteiger partial charge on any atom is -0.493 e. The first-order chi connectivity index (χ1) is 15.3. The van der Waals surface area contributed by atoms with Crippen LogP contribution in [0.2, 0.25) is 0 Å². The Morgan fingerprint density at radius 2 is 1.78 bits per heavy atom. The zero-order chi connectivity index (χ0) is 23.4. The summed E-state index contributed by atoms with van der Waals surface area (Å²) in [4.78, 5) is 24.7. The molecular formula is C25H31NO6. The van der Waals surface area contributed by atoms with Crippen LogP contribution in [-0.2, 0) is 11.2 Å². The van der Waals surface area contributed by atoms with Crippen LogP contribution >= 0.6 is 0 Å². The number of amides is 1. The molecule has 1 aliphatic carbocycles. The van der Waals surface area contributed by atoms with Gasteiger partial charge in [-0.2, -0.15) is 0 Å². The third kappa shape index (κ3) is 4.66. The maximum atomic E-state index is 12.8. The van der Waals surface area contributed by atoms with Crippen LogP contribution in [-0.4, -0.2) is 33.8 Å². The summed E-state index contributed by atoms with van der Waals surface area (Å²) in [5.74, 6) is 2.00. The van der Waals surface area contributed by atoms with E-state index in [0.29, 0.717) is 48.2 Å². The number of methoxy groups -OCH3 is 3. The highest BCUT2D eigenvalue weighted by atomic mass is 16.5. The molecule has 1 atom stereocenters. The normalized spacial score (nSPS) is 14.7. The van der Waals surface area contributed by atoms with Crippen LogP contribution in [0, 0.1) is 5.92 Å².